The number of ketones is 4. The highest BCUT2D eigenvalue weighted by atomic mass is 16.7. The van der Waals surface area contributed by atoms with Crippen LogP contribution in [0.5, 0.6) is 0 Å². The largest absolute Gasteiger partial charge is 0.456 e. The molecule has 2 saturated carbocycles. The Labute approximate surface area is 754 Å². The van der Waals surface area contributed by atoms with E-state index in [2.05, 4.69) is 10.6 Å². The molecule has 9 rings (SSSR count). The van der Waals surface area contributed by atoms with E-state index in [1.54, 1.807) is 78.0 Å². The summed E-state index contributed by atoms with van der Waals surface area (Å²) in [6.07, 6.45) is -0.469. The lowest BCUT2D eigenvalue weighted by molar-refractivity contribution is -0.302. The molecular weight excluding hydrogens is 1660 g/mol. The molecule has 8 aliphatic rings. The average Bonchev–Trinajstić information content (AvgIpc) is 0.776. The molecule has 128 heavy (non-hydrogen) atoms. The second-order valence-corrected chi connectivity index (χ2v) is 37.9. The number of carbonyl (C=O) groups is 10. The SMILES string of the molecule is CO[C@H]1C[C@@H](C)CC(C)C=C(CCOC(=O)NCc2ccc(CNC(=O)OCCC3=CC(C)C[C@H](C)C[C@H](OC)[C@H]4O[C@@](O)(C(=O)C(=O)N5CCCC[C@H]5C(=O)OC(C(C)=CC5CC[C@@H](O)[C@H](OC)C5)[C@H](C)[C@@H](O)CC3=O)[C@H](C)C[C@@H]4OC)cc2)C(=O)C[C@H](O)[C@@H](C)C(C(C)=CC2CC[C@@H](O)[C@H](OC)C2)OC(=O)[C@@H]2CCCCN2C(=O)C(=O)[C@]2(O)O[C@H]1[C@@H](OC)C[C@H]2C. The second kappa shape index (κ2) is 48.4. The Bertz CT molecular complexity index is 3790. The number of alkyl carbamates (subject to hydrolysis) is 2. The molecule has 32 nitrogen and oxygen atoms in total. The van der Waals surface area contributed by atoms with E-state index in [0.717, 1.165) is 9.80 Å². The van der Waals surface area contributed by atoms with Crippen molar-refractivity contribution in [3.05, 3.63) is 82.0 Å². The van der Waals surface area contributed by atoms with E-state index in [4.69, 9.17) is 56.8 Å². The fraction of sp³-hybridized carbons (Fsp3) is 0.750. The number of ether oxygens (including phenoxy) is 12. The summed E-state index contributed by atoms with van der Waals surface area (Å²) in [5.41, 5.74) is 2.98. The molecule has 1 aromatic carbocycles. The summed E-state index contributed by atoms with van der Waals surface area (Å²) in [5, 5.41) is 76.1. The lowest BCUT2D eigenvalue weighted by Crippen LogP contribution is -2.64. The molecule has 6 unspecified atom stereocenters. The maximum absolute atomic E-state index is 14.8. The van der Waals surface area contributed by atoms with Gasteiger partial charge in [0.1, 0.15) is 36.5 Å². The molecule has 0 radical (unpaired) electrons. The average molecular weight is 1800 g/mol. The topological polar surface area (TPSA) is 433 Å². The predicted octanol–water partition coefficient (Wildman–Crippen LogP) is 9.07. The van der Waals surface area contributed by atoms with Crippen LogP contribution < -0.4 is 10.6 Å². The molecule has 8 N–H and O–H groups in total. The number of allylic oxidation sites excluding steroid dienone is 4. The molecule has 4 saturated heterocycles. The van der Waals surface area contributed by atoms with E-state index in [1.807, 2.05) is 39.8 Å². The van der Waals surface area contributed by atoms with E-state index in [1.165, 1.54) is 42.7 Å². The Balaban J connectivity index is 0.860. The molecule has 6 aliphatic heterocycles. The van der Waals surface area contributed by atoms with Crippen molar-refractivity contribution in [2.45, 2.75) is 333 Å². The van der Waals surface area contributed by atoms with Crippen molar-refractivity contribution < 1.29 is 135 Å². The van der Waals surface area contributed by atoms with Crippen molar-refractivity contribution in [1.29, 1.82) is 0 Å². The number of aliphatic hydroxyl groups excluding tert-OH is 4. The van der Waals surface area contributed by atoms with Gasteiger partial charge in [-0.3, -0.25) is 28.8 Å². The summed E-state index contributed by atoms with van der Waals surface area (Å²) < 4.78 is 72.0. The Kier molecular flexibility index (Phi) is 39.5. The first kappa shape index (κ1) is 104. The second-order valence-electron chi connectivity index (χ2n) is 37.9. The third kappa shape index (κ3) is 27.0. The van der Waals surface area contributed by atoms with Gasteiger partial charge in [0.15, 0.2) is 11.6 Å². The molecule has 4 amide bonds. The van der Waals surface area contributed by atoms with Crippen molar-refractivity contribution in [2.75, 3.05) is 69.0 Å². The number of esters is 2. The lowest BCUT2D eigenvalue weighted by Gasteiger charge is -2.47. The molecule has 1 aromatic rings. The van der Waals surface area contributed by atoms with Gasteiger partial charge in [-0.05, 0) is 198 Å². The number of Topliss-reactive ketones (excluding diaryl/α,β-unsaturated/α-hetero) is 4. The maximum atomic E-state index is 14.8. The highest BCUT2D eigenvalue weighted by Gasteiger charge is 2.59. The van der Waals surface area contributed by atoms with Crippen LogP contribution >= 0.6 is 0 Å². The highest BCUT2D eigenvalue weighted by molar-refractivity contribution is 6.39. The quantitative estimate of drug-likeness (QED) is 0.0261. The van der Waals surface area contributed by atoms with E-state index in [9.17, 15) is 78.6 Å². The van der Waals surface area contributed by atoms with Crippen LogP contribution in [0.25, 0.3) is 0 Å². The van der Waals surface area contributed by atoms with Gasteiger partial charge >= 0.3 is 24.1 Å². The maximum Gasteiger partial charge on any atom is 0.407 e. The standard InChI is InChI=1S/C96H146N4O28/c1-53-37-55(3)41-79(119-13)85-81(121-15)45-59(7)95(115,127-85)87(107)89(109)99-33-19-17-21-69(99)91(111)125-83(57(5)43-65-27-29-71(101)77(47-65)117-11)61(9)73(103)49-75(105)67(39-53)31-35-123-93(113)97-51-63-23-25-64(26-24-63)52-98-94(114)124-36-32-68-40-54(2)38-56(4)42-80(120-14)86-82(122-16)46-60(8)96(116,128-86)88(108)90(110)100-34-20-18-22-70(100)92(112)126-84(62(10)74(104)50-76(68)106)58(6)44-66-28-30-72(102)78(48-66)118-12/h23-26,39-40,43-44,53-56,59-62,65-66,69-74,77-86,101-104,115-116H,17-22,27-38,41-42,45-52H2,1-16H3,(H,97,113)(H,98,114)/t53?,54?,55-,56-,59+,60+,61+,62+,65?,66?,69-,70-,71+,72+,73-,74-,77+,78+,79-,80-,81-,82-,83?,84?,85+,86+,95+,96+/m0/s1. The first-order valence-corrected chi connectivity index (χ1v) is 46.3. The number of cyclic esters (lactones) is 2. The van der Waals surface area contributed by atoms with E-state index in [0.29, 0.717) is 112 Å². The summed E-state index contributed by atoms with van der Waals surface area (Å²) >= 11 is 0. The first-order valence-electron chi connectivity index (χ1n) is 46.3. The third-order valence-corrected chi connectivity index (χ3v) is 28.1. The van der Waals surface area contributed by atoms with Crippen molar-refractivity contribution in [3.63, 3.8) is 0 Å². The van der Waals surface area contributed by atoms with Crippen LogP contribution in [0.1, 0.15) is 222 Å². The van der Waals surface area contributed by atoms with Gasteiger partial charge in [0.25, 0.3) is 23.4 Å². The van der Waals surface area contributed by atoms with Crippen molar-refractivity contribution in [2.24, 2.45) is 59.2 Å². The van der Waals surface area contributed by atoms with Gasteiger partial charge in [0.05, 0.1) is 74.3 Å². The lowest BCUT2D eigenvalue weighted by atomic mass is 9.81. The Morgan fingerprint density at radius 1 is 0.453 bits per heavy atom. The van der Waals surface area contributed by atoms with Gasteiger partial charge in [-0.25, -0.2) is 19.2 Å². The fourth-order valence-corrected chi connectivity index (χ4v) is 20.4. The molecule has 4 bridgehead atoms. The van der Waals surface area contributed by atoms with Crippen molar-refractivity contribution in [3.8, 4) is 0 Å². The van der Waals surface area contributed by atoms with Gasteiger partial charge in [-0.2, -0.15) is 0 Å². The Morgan fingerprint density at radius 2 is 0.797 bits per heavy atom. The number of aliphatic hydroxyl groups is 6. The van der Waals surface area contributed by atoms with Crippen LogP contribution in [-0.2, 0) is 108 Å². The number of carbonyl (C=O) groups excluding carboxylic acids is 10. The zero-order chi connectivity index (χ0) is 93.8. The number of hydrogen-bond donors (Lipinski definition) is 8. The van der Waals surface area contributed by atoms with Gasteiger partial charge in [0, 0.05) is 118 Å². The number of piperidine rings is 2. The van der Waals surface area contributed by atoms with E-state index < -0.39 is 205 Å². The third-order valence-electron chi connectivity index (χ3n) is 28.1. The summed E-state index contributed by atoms with van der Waals surface area (Å²) in [4.78, 5) is 147. The van der Waals surface area contributed by atoms with Gasteiger partial charge in [0.2, 0.25) is 11.6 Å². The van der Waals surface area contributed by atoms with E-state index >= 15 is 0 Å². The zero-order valence-electron chi connectivity index (χ0n) is 78.0. The number of benzene rings is 1. The van der Waals surface area contributed by atoms with Crippen LogP contribution in [0.4, 0.5) is 9.59 Å². The number of methoxy groups -OCH3 is 6. The first-order chi connectivity index (χ1) is 60.8. The molecule has 32 heteroatoms. The normalized spacial score (nSPS) is 37.0. The van der Waals surface area contributed by atoms with Gasteiger partial charge in [-0.15, -0.1) is 0 Å². The van der Waals surface area contributed by atoms with Gasteiger partial charge in [-0.1, -0.05) is 104 Å². The number of amides is 4. The van der Waals surface area contributed by atoms with Crippen molar-refractivity contribution in [1.82, 2.24) is 20.4 Å². The molecule has 28 atom stereocenters. The smallest absolute Gasteiger partial charge is 0.407 e. The van der Waals surface area contributed by atoms with Crippen LogP contribution in [0.3, 0.4) is 0 Å². The molecule has 2 aliphatic carbocycles. The fourth-order valence-electron chi connectivity index (χ4n) is 20.4. The Hall–Kier alpha value is -7.28. The monoisotopic (exact) mass is 1800 g/mol. The Morgan fingerprint density at radius 3 is 1.14 bits per heavy atom. The van der Waals surface area contributed by atoms with Crippen molar-refractivity contribution >= 4 is 59.1 Å². The zero-order valence-corrected chi connectivity index (χ0v) is 78.0. The molecule has 0 aromatic heterocycles. The summed E-state index contributed by atoms with van der Waals surface area (Å²) in [5.74, 6) is -17.4. The predicted molar refractivity (Wildman–Crippen MR) is 468 cm³/mol. The minimum absolute atomic E-state index is 0.000881. The summed E-state index contributed by atoms with van der Waals surface area (Å²) in [6, 6.07) is 4.47. The van der Waals surface area contributed by atoms with Crippen LogP contribution in [0.2, 0.25) is 0 Å². The number of hydrogen-bond acceptors (Lipinski definition) is 28. The minimum atomic E-state index is -2.63. The van der Waals surface area contributed by atoms with Crippen LogP contribution in [0, 0.1) is 59.2 Å². The number of rotatable bonds is 20. The minimum Gasteiger partial charge on any atom is -0.456 e. The molecule has 718 valence electrons. The molecular formula is C96H146N4O28. The number of nitrogens with zero attached hydrogens (tertiary/aromatic N) is 2. The summed E-state index contributed by atoms with van der Waals surface area (Å²) in [6.45, 7) is 17.4. The van der Waals surface area contributed by atoms with Gasteiger partial charge < -0.3 is 108 Å². The number of nitrogens with one attached hydrogen (secondary N) is 2. The molecule has 6 fully saturated rings. The number of fused-ring (bicyclic) bond motifs is 6. The highest BCUT2D eigenvalue weighted by Crippen LogP contribution is 2.43. The summed E-state index contributed by atoms with van der Waals surface area (Å²) in [7, 11) is 8.98. The van der Waals surface area contributed by atoms with Crippen LogP contribution in [-0.4, -0.2) is 278 Å². The van der Waals surface area contributed by atoms with E-state index in [-0.39, 0.29) is 125 Å². The van der Waals surface area contributed by atoms with Crippen LogP contribution in [0.15, 0.2) is 70.9 Å². The molecule has 0 spiro atoms. The molecule has 6 heterocycles.